The van der Waals surface area contributed by atoms with Gasteiger partial charge in [-0.1, -0.05) is 152 Å². The molecule has 0 fully saturated rings. The molecule has 0 N–H and O–H groups in total. The summed E-state index contributed by atoms with van der Waals surface area (Å²) in [5, 5.41) is 14.7. The van der Waals surface area contributed by atoms with Crippen molar-refractivity contribution in [1.82, 2.24) is 9.13 Å². The largest absolute Gasteiger partial charge is 0.455 e. The first-order chi connectivity index (χ1) is 31.3. The summed E-state index contributed by atoms with van der Waals surface area (Å²) >= 11 is 0. The van der Waals surface area contributed by atoms with Crippen molar-refractivity contribution in [2.75, 3.05) is 0 Å². The van der Waals surface area contributed by atoms with Gasteiger partial charge in [0, 0.05) is 38.3 Å². The summed E-state index contributed by atoms with van der Waals surface area (Å²) < 4.78 is 11.7. The van der Waals surface area contributed by atoms with E-state index in [4.69, 9.17) is 4.42 Å². The van der Waals surface area contributed by atoms with Gasteiger partial charge in [0.05, 0.1) is 27.5 Å². The molecule has 0 radical (unpaired) electrons. The molecule has 3 heterocycles. The lowest BCUT2D eigenvalue weighted by Gasteiger charge is -2.13. The molecule has 0 saturated heterocycles. The normalized spacial score (nSPS) is 12.1. The number of nitrogens with zero attached hydrogens (tertiary/aromatic N) is 2. The minimum Gasteiger partial charge on any atom is -0.455 e. The molecule has 63 heavy (non-hydrogen) atoms. The molecule has 292 valence electrons. The molecule has 14 aromatic rings. The third-order valence-corrected chi connectivity index (χ3v) is 13.5. The second-order valence-electron chi connectivity index (χ2n) is 16.8. The van der Waals surface area contributed by atoms with E-state index in [1.165, 1.54) is 81.8 Å². The van der Waals surface area contributed by atoms with Crippen LogP contribution in [0.2, 0.25) is 0 Å². The molecule has 11 aromatic carbocycles. The van der Waals surface area contributed by atoms with Crippen LogP contribution in [0.15, 0.2) is 223 Å². The van der Waals surface area contributed by atoms with Gasteiger partial charge in [-0.2, -0.15) is 0 Å². The van der Waals surface area contributed by atoms with E-state index in [0.717, 1.165) is 49.7 Å². The molecule has 0 unspecified atom stereocenters. The van der Waals surface area contributed by atoms with Gasteiger partial charge < -0.3 is 13.6 Å². The van der Waals surface area contributed by atoms with Crippen LogP contribution in [0.3, 0.4) is 0 Å². The zero-order chi connectivity index (χ0) is 41.2. The van der Waals surface area contributed by atoms with E-state index >= 15 is 0 Å². The number of rotatable bonds is 4. The highest BCUT2D eigenvalue weighted by Crippen LogP contribution is 2.46. The van der Waals surface area contributed by atoms with Crippen LogP contribution in [-0.4, -0.2) is 9.13 Å². The lowest BCUT2D eigenvalue weighted by molar-refractivity contribution is 0.673. The van der Waals surface area contributed by atoms with Gasteiger partial charge in [-0.15, -0.1) is 0 Å². The quantitative estimate of drug-likeness (QED) is 0.163. The smallest absolute Gasteiger partial charge is 0.145 e. The Bertz CT molecular complexity index is 4150. The average molecular weight is 801 g/mol. The molecule has 14 rings (SSSR count). The SMILES string of the molecule is c1ccc(-c2cccc(-n3c4ccccc4c4c3ccc3c5c6oc7ccccc7c6ccc5n(-c5ccc(-c6ccc7c8ccccc8c8ccccc8c7c6)cc5)c34)c2)cc1. The molecule has 0 spiro atoms. The Morgan fingerprint density at radius 2 is 0.810 bits per heavy atom. The number of para-hydroxylation sites is 2. The van der Waals surface area contributed by atoms with Crippen molar-refractivity contribution in [3.63, 3.8) is 0 Å². The van der Waals surface area contributed by atoms with E-state index in [1.807, 2.05) is 0 Å². The van der Waals surface area contributed by atoms with Crippen molar-refractivity contribution in [1.29, 1.82) is 0 Å². The minimum absolute atomic E-state index is 0.900. The number of aromatic nitrogens is 2. The summed E-state index contributed by atoms with van der Waals surface area (Å²) in [5.74, 6) is 0. The van der Waals surface area contributed by atoms with E-state index in [9.17, 15) is 0 Å². The van der Waals surface area contributed by atoms with Crippen LogP contribution < -0.4 is 0 Å². The molecule has 0 bridgehead atoms. The molecule has 0 saturated carbocycles. The van der Waals surface area contributed by atoms with Crippen LogP contribution in [0.4, 0.5) is 0 Å². The standard InChI is InChI=1S/C60H36N2O/c1-2-13-37(14-3-1)39-15-12-16-42(35-39)61-53-23-10-8-22-50(53)57-54(61)34-32-51-58-55(33-31-49-48-21-9-11-24-56(48)63-60(49)58)62(59(51)57)41-28-25-38(26-29-41)40-27-30-47-45-19-5-4-17-43(45)44-18-6-7-20-46(44)52(47)36-40/h1-36H. The molecule has 3 heteroatoms. The zero-order valence-corrected chi connectivity index (χ0v) is 34.1. The van der Waals surface area contributed by atoms with E-state index in [2.05, 4.69) is 228 Å². The molecule has 3 nitrogen and oxygen atoms in total. The van der Waals surface area contributed by atoms with Crippen molar-refractivity contribution >= 4 is 97.9 Å². The van der Waals surface area contributed by atoms with Crippen molar-refractivity contribution in [3.05, 3.63) is 218 Å². The van der Waals surface area contributed by atoms with E-state index < -0.39 is 0 Å². The van der Waals surface area contributed by atoms with Gasteiger partial charge in [0.15, 0.2) is 0 Å². The number of fused-ring (bicyclic) bond motifs is 17. The van der Waals surface area contributed by atoms with E-state index in [1.54, 1.807) is 0 Å². The van der Waals surface area contributed by atoms with Gasteiger partial charge in [-0.25, -0.2) is 0 Å². The van der Waals surface area contributed by atoms with Crippen LogP contribution in [-0.2, 0) is 0 Å². The van der Waals surface area contributed by atoms with Crippen LogP contribution in [0.5, 0.6) is 0 Å². The van der Waals surface area contributed by atoms with Crippen LogP contribution >= 0.6 is 0 Å². The Balaban J connectivity index is 1.03. The van der Waals surface area contributed by atoms with Crippen LogP contribution in [0, 0.1) is 0 Å². The van der Waals surface area contributed by atoms with Gasteiger partial charge >= 0.3 is 0 Å². The summed E-state index contributed by atoms with van der Waals surface area (Å²) in [5.41, 5.74) is 13.4. The fourth-order valence-electron chi connectivity index (χ4n) is 10.7. The van der Waals surface area contributed by atoms with Gasteiger partial charge in [-0.3, -0.25) is 0 Å². The Kier molecular flexibility index (Phi) is 7.11. The number of furan rings is 1. The first-order valence-electron chi connectivity index (χ1n) is 21.7. The summed E-state index contributed by atoms with van der Waals surface area (Å²) in [7, 11) is 0. The third-order valence-electron chi connectivity index (χ3n) is 13.5. The maximum atomic E-state index is 6.80. The van der Waals surface area contributed by atoms with Crippen molar-refractivity contribution in [2.45, 2.75) is 0 Å². The summed E-state index contributed by atoms with van der Waals surface area (Å²) in [6.45, 7) is 0. The Labute approximate surface area is 361 Å². The van der Waals surface area contributed by atoms with Crippen molar-refractivity contribution in [3.8, 4) is 33.6 Å². The number of benzene rings is 11. The van der Waals surface area contributed by atoms with Gasteiger partial charge in [0.1, 0.15) is 11.2 Å². The maximum Gasteiger partial charge on any atom is 0.145 e. The van der Waals surface area contributed by atoms with E-state index in [0.29, 0.717) is 0 Å². The van der Waals surface area contributed by atoms with Gasteiger partial charge in [0.2, 0.25) is 0 Å². The summed E-state index contributed by atoms with van der Waals surface area (Å²) in [6.07, 6.45) is 0. The molecule has 0 aliphatic rings. The Morgan fingerprint density at radius 1 is 0.270 bits per heavy atom. The second-order valence-corrected chi connectivity index (χ2v) is 16.8. The van der Waals surface area contributed by atoms with Crippen molar-refractivity contribution in [2.24, 2.45) is 0 Å². The first-order valence-corrected chi connectivity index (χ1v) is 21.7. The predicted molar refractivity (Wildman–Crippen MR) is 266 cm³/mol. The fraction of sp³-hybridized carbons (Fsp3) is 0. The first kappa shape index (κ1) is 34.3. The molecule has 0 amide bonds. The zero-order valence-electron chi connectivity index (χ0n) is 34.1. The fourth-order valence-corrected chi connectivity index (χ4v) is 10.7. The Hall–Kier alpha value is -8.40. The molecule has 0 aliphatic carbocycles. The second kappa shape index (κ2) is 13.1. The topological polar surface area (TPSA) is 23.0 Å². The predicted octanol–water partition coefficient (Wildman–Crippen LogP) is 16.6. The number of hydrogen-bond donors (Lipinski definition) is 0. The van der Waals surface area contributed by atoms with Crippen LogP contribution in [0.25, 0.3) is 131 Å². The molecule has 0 atom stereocenters. The van der Waals surface area contributed by atoms with Gasteiger partial charge in [-0.05, 0) is 121 Å². The average Bonchev–Trinajstić information content (AvgIpc) is 4.02. The monoisotopic (exact) mass is 800 g/mol. The third kappa shape index (κ3) is 4.90. The van der Waals surface area contributed by atoms with Gasteiger partial charge in [0.25, 0.3) is 0 Å². The summed E-state index contributed by atoms with van der Waals surface area (Å²) in [6, 6.07) is 79.7. The van der Waals surface area contributed by atoms with E-state index in [-0.39, 0.29) is 0 Å². The molecular formula is C60H36N2O. The lowest BCUT2D eigenvalue weighted by atomic mass is 9.92. The summed E-state index contributed by atoms with van der Waals surface area (Å²) in [4.78, 5) is 0. The maximum absolute atomic E-state index is 6.80. The minimum atomic E-state index is 0.900. The highest BCUT2D eigenvalue weighted by molar-refractivity contribution is 6.31. The highest BCUT2D eigenvalue weighted by Gasteiger charge is 2.24. The van der Waals surface area contributed by atoms with Crippen molar-refractivity contribution < 1.29 is 4.42 Å². The lowest BCUT2D eigenvalue weighted by Crippen LogP contribution is -1.96. The number of hydrogen-bond acceptors (Lipinski definition) is 1. The molecule has 0 aliphatic heterocycles. The Morgan fingerprint density at radius 3 is 1.57 bits per heavy atom. The highest BCUT2D eigenvalue weighted by atomic mass is 16.3. The van der Waals surface area contributed by atoms with Crippen LogP contribution in [0.1, 0.15) is 0 Å². The molecular weight excluding hydrogens is 765 g/mol. The molecule has 3 aromatic heterocycles.